The van der Waals surface area contributed by atoms with E-state index in [2.05, 4.69) is 39.8 Å². The smallest absolute Gasteiger partial charge is 0.315 e. The van der Waals surface area contributed by atoms with Crippen LogP contribution in [0, 0.1) is 0 Å². The molecule has 2 amide bonds. The molecule has 0 spiro atoms. The molecule has 1 aliphatic heterocycles. The minimum Gasteiger partial charge on any atom is -0.372 e. The van der Waals surface area contributed by atoms with Crippen LogP contribution in [0.25, 0.3) is 0 Å². The lowest BCUT2D eigenvalue weighted by Gasteiger charge is -2.29. The molecule has 1 fully saturated rings. The van der Waals surface area contributed by atoms with Crippen molar-refractivity contribution in [1.29, 1.82) is 0 Å². The lowest BCUT2D eigenvalue weighted by Crippen LogP contribution is -2.37. The zero-order chi connectivity index (χ0) is 15.1. The third-order valence-electron chi connectivity index (χ3n) is 4.00. The monoisotopic (exact) mass is 289 g/mol. The van der Waals surface area contributed by atoms with Crippen molar-refractivity contribution < 1.29 is 4.79 Å². The van der Waals surface area contributed by atoms with E-state index < -0.39 is 0 Å². The summed E-state index contributed by atoms with van der Waals surface area (Å²) in [6, 6.07) is 8.51. The van der Waals surface area contributed by atoms with Crippen LogP contribution in [0.5, 0.6) is 0 Å². The summed E-state index contributed by atoms with van der Waals surface area (Å²) in [7, 11) is 0. The van der Waals surface area contributed by atoms with Crippen molar-refractivity contribution in [3.05, 3.63) is 29.8 Å². The highest BCUT2D eigenvalue weighted by atomic mass is 16.2. The molecule has 1 saturated heterocycles. The van der Waals surface area contributed by atoms with Crippen molar-refractivity contribution >= 4 is 11.7 Å². The molecule has 4 heteroatoms. The fourth-order valence-electron chi connectivity index (χ4n) is 2.70. The van der Waals surface area contributed by atoms with Gasteiger partial charge < -0.3 is 15.5 Å². The Morgan fingerprint density at radius 3 is 2.48 bits per heavy atom. The van der Waals surface area contributed by atoms with Crippen LogP contribution >= 0.6 is 0 Å². The van der Waals surface area contributed by atoms with Crippen LogP contribution in [0.3, 0.4) is 0 Å². The van der Waals surface area contributed by atoms with Gasteiger partial charge in [0.2, 0.25) is 0 Å². The third-order valence-corrected chi connectivity index (χ3v) is 4.00. The van der Waals surface area contributed by atoms with Gasteiger partial charge in [-0.3, -0.25) is 0 Å². The molecular weight excluding hydrogens is 262 g/mol. The van der Waals surface area contributed by atoms with E-state index in [0.29, 0.717) is 6.54 Å². The van der Waals surface area contributed by atoms with Gasteiger partial charge in [-0.2, -0.15) is 0 Å². The van der Waals surface area contributed by atoms with E-state index in [1.807, 2.05) is 13.8 Å². The van der Waals surface area contributed by atoms with E-state index in [-0.39, 0.29) is 12.1 Å². The van der Waals surface area contributed by atoms with Crippen molar-refractivity contribution in [1.82, 2.24) is 10.6 Å². The number of carbonyl (C=O) groups excluding carboxylic acids is 1. The Balaban J connectivity index is 1.90. The number of carbonyl (C=O) groups is 1. The highest BCUT2D eigenvalue weighted by Gasteiger charge is 2.12. The van der Waals surface area contributed by atoms with E-state index in [1.54, 1.807) is 0 Å². The first-order chi connectivity index (χ1) is 10.2. The van der Waals surface area contributed by atoms with Gasteiger partial charge in [0.05, 0.1) is 6.04 Å². The number of anilines is 1. The summed E-state index contributed by atoms with van der Waals surface area (Å²) in [4.78, 5) is 14.1. The van der Waals surface area contributed by atoms with Crippen molar-refractivity contribution in [3.63, 3.8) is 0 Å². The maximum Gasteiger partial charge on any atom is 0.315 e. The van der Waals surface area contributed by atoms with Crippen LogP contribution in [0.15, 0.2) is 24.3 Å². The van der Waals surface area contributed by atoms with Crippen LogP contribution in [0.4, 0.5) is 10.5 Å². The number of nitrogens with one attached hydrogen (secondary N) is 2. The third kappa shape index (κ3) is 4.66. The number of amides is 2. The fraction of sp³-hybridized carbons (Fsp3) is 0.588. The number of benzene rings is 1. The molecule has 21 heavy (non-hydrogen) atoms. The second kappa shape index (κ2) is 7.91. The van der Waals surface area contributed by atoms with E-state index in [4.69, 9.17) is 0 Å². The lowest BCUT2D eigenvalue weighted by atomic mass is 10.1. The summed E-state index contributed by atoms with van der Waals surface area (Å²) in [6.07, 6.45) is 4.88. The van der Waals surface area contributed by atoms with Gasteiger partial charge in [0.15, 0.2) is 0 Å². The van der Waals surface area contributed by atoms with Crippen LogP contribution in [-0.4, -0.2) is 25.7 Å². The van der Waals surface area contributed by atoms with Gasteiger partial charge in [-0.05, 0) is 50.3 Å². The summed E-state index contributed by atoms with van der Waals surface area (Å²) in [5.74, 6) is 0. The molecule has 0 radical (unpaired) electrons. The van der Waals surface area contributed by atoms with E-state index >= 15 is 0 Å². The summed E-state index contributed by atoms with van der Waals surface area (Å²) < 4.78 is 0. The maximum atomic E-state index is 11.7. The Morgan fingerprint density at radius 1 is 1.19 bits per heavy atom. The highest BCUT2D eigenvalue weighted by Crippen LogP contribution is 2.22. The number of nitrogens with zero attached hydrogens (tertiary/aromatic N) is 1. The first-order valence-electron chi connectivity index (χ1n) is 8.10. The molecule has 1 unspecified atom stereocenters. The minimum absolute atomic E-state index is 0.0252. The molecule has 1 heterocycles. The average molecular weight is 289 g/mol. The predicted octanol–water partition coefficient (Wildman–Crippen LogP) is 3.45. The summed E-state index contributed by atoms with van der Waals surface area (Å²) in [6.45, 7) is 7.09. The normalized spacial score (nSPS) is 16.4. The first-order valence-corrected chi connectivity index (χ1v) is 8.10. The number of urea groups is 1. The Labute approximate surface area is 127 Å². The molecule has 0 saturated carbocycles. The predicted molar refractivity (Wildman–Crippen MR) is 87.7 cm³/mol. The van der Waals surface area contributed by atoms with Gasteiger partial charge in [0.1, 0.15) is 0 Å². The molecule has 116 valence electrons. The Kier molecular flexibility index (Phi) is 5.90. The summed E-state index contributed by atoms with van der Waals surface area (Å²) in [5.41, 5.74) is 2.43. The second-order valence-corrected chi connectivity index (χ2v) is 5.76. The Hall–Kier alpha value is -1.71. The van der Waals surface area contributed by atoms with Crippen LogP contribution in [0.2, 0.25) is 0 Å². The van der Waals surface area contributed by atoms with E-state index in [1.165, 1.54) is 24.9 Å². The van der Waals surface area contributed by atoms with Gasteiger partial charge >= 0.3 is 6.03 Å². The second-order valence-electron chi connectivity index (χ2n) is 5.76. The van der Waals surface area contributed by atoms with Gasteiger partial charge in [0, 0.05) is 25.3 Å². The molecule has 4 nitrogen and oxygen atoms in total. The van der Waals surface area contributed by atoms with Crippen molar-refractivity contribution in [3.8, 4) is 0 Å². The van der Waals surface area contributed by atoms with Crippen molar-refractivity contribution in [2.45, 2.75) is 45.6 Å². The standard InChI is InChI=1S/C17H27N3O/c1-3-11-18-17(21)19-14(2)15-7-9-16(10-8-15)20-12-5-4-6-13-20/h7-10,14H,3-6,11-13H2,1-2H3,(H2,18,19,21). The van der Waals surface area contributed by atoms with Crippen molar-refractivity contribution in [2.75, 3.05) is 24.5 Å². The molecule has 0 aromatic heterocycles. The summed E-state index contributed by atoms with van der Waals surface area (Å²) in [5, 5.41) is 5.80. The van der Waals surface area contributed by atoms with Crippen molar-refractivity contribution in [2.24, 2.45) is 0 Å². The quantitative estimate of drug-likeness (QED) is 0.872. The molecule has 2 N–H and O–H groups in total. The average Bonchev–Trinajstić information content (AvgIpc) is 2.54. The Morgan fingerprint density at radius 2 is 1.86 bits per heavy atom. The molecule has 0 aliphatic carbocycles. The van der Waals surface area contributed by atoms with Gasteiger partial charge in [-0.1, -0.05) is 19.1 Å². The molecule has 1 aromatic carbocycles. The SMILES string of the molecule is CCCNC(=O)NC(C)c1ccc(N2CCCCC2)cc1. The first kappa shape index (κ1) is 15.7. The maximum absolute atomic E-state index is 11.7. The highest BCUT2D eigenvalue weighted by molar-refractivity contribution is 5.74. The Bertz CT molecular complexity index is 438. The molecular formula is C17H27N3O. The van der Waals surface area contributed by atoms with Crippen LogP contribution in [0.1, 0.15) is 51.1 Å². The fourth-order valence-corrected chi connectivity index (χ4v) is 2.70. The van der Waals surface area contributed by atoms with Crippen LogP contribution in [-0.2, 0) is 0 Å². The number of hydrogen-bond acceptors (Lipinski definition) is 2. The number of rotatable bonds is 5. The zero-order valence-corrected chi connectivity index (χ0v) is 13.2. The van der Waals surface area contributed by atoms with E-state index in [0.717, 1.165) is 25.1 Å². The van der Waals surface area contributed by atoms with Gasteiger partial charge in [-0.15, -0.1) is 0 Å². The minimum atomic E-state index is -0.0931. The molecule has 1 aliphatic rings. The number of hydrogen-bond donors (Lipinski definition) is 2. The molecule has 0 bridgehead atoms. The topological polar surface area (TPSA) is 44.4 Å². The lowest BCUT2D eigenvalue weighted by molar-refractivity contribution is 0.238. The largest absolute Gasteiger partial charge is 0.372 e. The van der Waals surface area contributed by atoms with Gasteiger partial charge in [0.25, 0.3) is 0 Å². The molecule has 1 atom stereocenters. The number of piperidine rings is 1. The molecule has 2 rings (SSSR count). The van der Waals surface area contributed by atoms with Crippen LogP contribution < -0.4 is 15.5 Å². The van der Waals surface area contributed by atoms with E-state index in [9.17, 15) is 4.79 Å². The molecule has 1 aromatic rings. The summed E-state index contributed by atoms with van der Waals surface area (Å²) >= 11 is 0. The zero-order valence-electron chi connectivity index (χ0n) is 13.2. The van der Waals surface area contributed by atoms with Gasteiger partial charge in [-0.25, -0.2) is 4.79 Å².